The van der Waals surface area contributed by atoms with Crippen LogP contribution in [0.1, 0.15) is 11.1 Å². The first-order valence-electron chi connectivity index (χ1n) is 8.74. The molecule has 0 unspecified atom stereocenters. The van der Waals surface area contributed by atoms with Gasteiger partial charge in [0.05, 0.1) is 12.8 Å². The van der Waals surface area contributed by atoms with Crippen molar-refractivity contribution in [2.24, 2.45) is 0 Å². The average molecular weight is 357 g/mol. The number of rotatable bonds is 4. The van der Waals surface area contributed by atoms with Gasteiger partial charge >= 0.3 is 6.03 Å². The molecule has 2 aromatic carbocycles. The Kier molecular flexibility index (Phi) is 5.61. The third-order valence-electron chi connectivity index (χ3n) is 4.67. The molecule has 5 nitrogen and oxygen atoms in total. The normalized spacial score (nSPS) is 14.3. The number of halogens is 1. The van der Waals surface area contributed by atoms with Crippen LogP contribution in [0.5, 0.6) is 5.75 Å². The minimum Gasteiger partial charge on any atom is -0.495 e. The second kappa shape index (κ2) is 8.08. The first-order valence-corrected chi connectivity index (χ1v) is 8.74. The lowest BCUT2D eigenvalue weighted by Gasteiger charge is -2.36. The van der Waals surface area contributed by atoms with Crippen LogP contribution in [-0.2, 0) is 6.54 Å². The van der Waals surface area contributed by atoms with Crippen molar-refractivity contribution in [1.29, 1.82) is 0 Å². The maximum absolute atomic E-state index is 13.6. The summed E-state index contributed by atoms with van der Waals surface area (Å²) in [4.78, 5) is 16.4. The Morgan fingerprint density at radius 2 is 1.88 bits per heavy atom. The summed E-state index contributed by atoms with van der Waals surface area (Å²) in [5.41, 5.74) is 2.41. The molecule has 1 N–H and O–H groups in total. The quantitative estimate of drug-likeness (QED) is 0.914. The Morgan fingerprint density at radius 3 is 2.58 bits per heavy atom. The summed E-state index contributed by atoms with van der Waals surface area (Å²) in [7, 11) is 1.66. The number of ether oxygens (including phenoxy) is 1. The van der Waals surface area contributed by atoms with Crippen LogP contribution in [0.3, 0.4) is 0 Å². The third kappa shape index (κ3) is 4.07. The molecule has 6 heteroatoms. The highest BCUT2D eigenvalue weighted by molar-refractivity contribution is 5.74. The summed E-state index contributed by atoms with van der Waals surface area (Å²) in [5.74, 6) is 0.592. The number of methoxy groups -OCH3 is 1. The van der Waals surface area contributed by atoms with Crippen LogP contribution in [0.15, 0.2) is 42.5 Å². The molecule has 0 saturated carbocycles. The zero-order valence-corrected chi connectivity index (χ0v) is 15.2. The number of anilines is 1. The maximum atomic E-state index is 13.6. The molecule has 138 valence electrons. The number of nitrogens with one attached hydrogen (secondary N) is 1. The number of hydrogen-bond acceptors (Lipinski definition) is 3. The van der Waals surface area contributed by atoms with E-state index in [9.17, 15) is 9.18 Å². The fraction of sp³-hybridized carbons (Fsp3) is 0.350. The van der Waals surface area contributed by atoms with Gasteiger partial charge in [0.1, 0.15) is 11.6 Å². The summed E-state index contributed by atoms with van der Waals surface area (Å²) in [6.45, 7) is 4.79. The van der Waals surface area contributed by atoms with E-state index in [0.29, 0.717) is 25.2 Å². The van der Waals surface area contributed by atoms with Crippen LogP contribution in [-0.4, -0.2) is 44.2 Å². The molecular formula is C20H24FN3O2. The first-order chi connectivity index (χ1) is 12.6. The van der Waals surface area contributed by atoms with E-state index in [2.05, 4.69) is 10.2 Å². The van der Waals surface area contributed by atoms with E-state index < -0.39 is 0 Å². The fourth-order valence-electron chi connectivity index (χ4n) is 3.08. The van der Waals surface area contributed by atoms with Crippen molar-refractivity contribution in [3.05, 3.63) is 59.4 Å². The number of amides is 2. The standard InChI is InChI=1S/C20H24FN3O2/c1-15-7-8-16(13-17(15)21)14-22-20(25)24-11-9-23(10-12-24)18-5-3-4-6-19(18)26-2/h3-8,13H,9-12,14H2,1-2H3,(H,22,25). The number of urea groups is 1. The smallest absolute Gasteiger partial charge is 0.317 e. The van der Waals surface area contributed by atoms with Gasteiger partial charge in [0.15, 0.2) is 0 Å². The molecule has 26 heavy (non-hydrogen) atoms. The van der Waals surface area contributed by atoms with Crippen LogP contribution >= 0.6 is 0 Å². The predicted molar refractivity (Wildman–Crippen MR) is 100 cm³/mol. The number of nitrogens with zero attached hydrogens (tertiary/aromatic N) is 2. The van der Waals surface area contributed by atoms with Gasteiger partial charge in [-0.05, 0) is 36.2 Å². The number of hydrogen-bond donors (Lipinski definition) is 1. The molecule has 2 aromatic rings. The second-order valence-corrected chi connectivity index (χ2v) is 6.39. The first kappa shape index (κ1) is 18.0. The van der Waals surface area contributed by atoms with E-state index >= 15 is 0 Å². The van der Waals surface area contributed by atoms with E-state index in [0.717, 1.165) is 30.1 Å². The van der Waals surface area contributed by atoms with Crippen molar-refractivity contribution in [3.63, 3.8) is 0 Å². The van der Waals surface area contributed by atoms with E-state index in [1.165, 1.54) is 6.07 Å². The number of carbonyl (C=O) groups excluding carboxylic acids is 1. The molecule has 2 amide bonds. The van der Waals surface area contributed by atoms with Crippen molar-refractivity contribution < 1.29 is 13.9 Å². The molecule has 1 fully saturated rings. The van der Waals surface area contributed by atoms with Gasteiger partial charge in [-0.25, -0.2) is 9.18 Å². The van der Waals surface area contributed by atoms with E-state index in [1.54, 1.807) is 25.0 Å². The summed E-state index contributed by atoms with van der Waals surface area (Å²) in [5, 5.41) is 2.87. The van der Waals surface area contributed by atoms with Crippen LogP contribution in [0.2, 0.25) is 0 Å². The Hall–Kier alpha value is -2.76. The molecular weight excluding hydrogens is 333 g/mol. The Balaban J connectivity index is 1.52. The molecule has 0 aliphatic carbocycles. The third-order valence-corrected chi connectivity index (χ3v) is 4.67. The van der Waals surface area contributed by atoms with E-state index in [1.807, 2.05) is 30.3 Å². The minimum absolute atomic E-state index is 0.120. The number of aryl methyl sites for hydroxylation is 1. The van der Waals surface area contributed by atoms with Crippen molar-refractivity contribution in [3.8, 4) is 5.75 Å². The van der Waals surface area contributed by atoms with Crippen LogP contribution in [0.25, 0.3) is 0 Å². The number of benzene rings is 2. The van der Waals surface area contributed by atoms with Crippen molar-refractivity contribution in [2.45, 2.75) is 13.5 Å². The van der Waals surface area contributed by atoms with Gasteiger partial charge in [-0.15, -0.1) is 0 Å². The zero-order chi connectivity index (χ0) is 18.5. The van der Waals surface area contributed by atoms with Crippen LogP contribution in [0, 0.1) is 12.7 Å². The number of carbonyl (C=O) groups is 1. The SMILES string of the molecule is COc1ccccc1N1CCN(C(=O)NCc2ccc(C)c(F)c2)CC1. The second-order valence-electron chi connectivity index (χ2n) is 6.39. The molecule has 0 bridgehead atoms. The molecule has 0 atom stereocenters. The van der Waals surface area contributed by atoms with Gasteiger partial charge in [-0.3, -0.25) is 0 Å². The van der Waals surface area contributed by atoms with Crippen molar-refractivity contribution >= 4 is 11.7 Å². The van der Waals surface area contributed by atoms with Crippen molar-refractivity contribution in [1.82, 2.24) is 10.2 Å². The average Bonchev–Trinajstić information content (AvgIpc) is 2.68. The van der Waals surface area contributed by atoms with E-state index in [4.69, 9.17) is 4.74 Å². The van der Waals surface area contributed by atoms with Gasteiger partial charge in [-0.1, -0.05) is 24.3 Å². The lowest BCUT2D eigenvalue weighted by Crippen LogP contribution is -2.51. The van der Waals surface area contributed by atoms with Gasteiger partial charge in [0.25, 0.3) is 0 Å². The van der Waals surface area contributed by atoms with Gasteiger partial charge in [0.2, 0.25) is 0 Å². The molecule has 0 aromatic heterocycles. The number of piperazine rings is 1. The fourth-order valence-corrected chi connectivity index (χ4v) is 3.08. The highest BCUT2D eigenvalue weighted by atomic mass is 19.1. The van der Waals surface area contributed by atoms with Crippen LogP contribution in [0.4, 0.5) is 14.9 Å². The highest BCUT2D eigenvalue weighted by Crippen LogP contribution is 2.28. The molecule has 3 rings (SSSR count). The monoisotopic (exact) mass is 357 g/mol. The van der Waals surface area contributed by atoms with Gasteiger partial charge in [-0.2, -0.15) is 0 Å². The summed E-state index contributed by atoms with van der Waals surface area (Å²) < 4.78 is 19.0. The Bertz CT molecular complexity index is 773. The molecule has 1 heterocycles. The molecule has 1 aliphatic rings. The number of para-hydroxylation sites is 2. The topological polar surface area (TPSA) is 44.8 Å². The van der Waals surface area contributed by atoms with Crippen LogP contribution < -0.4 is 15.0 Å². The maximum Gasteiger partial charge on any atom is 0.317 e. The lowest BCUT2D eigenvalue weighted by molar-refractivity contribution is 0.194. The molecule has 1 saturated heterocycles. The molecule has 1 aliphatic heterocycles. The summed E-state index contributed by atoms with van der Waals surface area (Å²) in [6, 6.07) is 12.8. The molecule has 0 spiro atoms. The predicted octanol–water partition coefficient (Wildman–Crippen LogP) is 3.17. The Labute approximate surface area is 153 Å². The zero-order valence-electron chi connectivity index (χ0n) is 15.2. The van der Waals surface area contributed by atoms with Gasteiger partial charge in [0, 0.05) is 32.7 Å². The van der Waals surface area contributed by atoms with Gasteiger partial charge < -0.3 is 19.9 Å². The Morgan fingerprint density at radius 1 is 1.15 bits per heavy atom. The van der Waals surface area contributed by atoms with E-state index in [-0.39, 0.29) is 11.8 Å². The summed E-state index contributed by atoms with van der Waals surface area (Å²) in [6.07, 6.45) is 0. The highest BCUT2D eigenvalue weighted by Gasteiger charge is 2.22. The summed E-state index contributed by atoms with van der Waals surface area (Å²) >= 11 is 0. The molecule has 0 radical (unpaired) electrons. The largest absolute Gasteiger partial charge is 0.495 e. The van der Waals surface area contributed by atoms with Crippen molar-refractivity contribution in [2.75, 3.05) is 38.2 Å². The minimum atomic E-state index is -0.248. The lowest BCUT2D eigenvalue weighted by atomic mass is 10.1.